The maximum absolute atomic E-state index is 12.6. The van der Waals surface area contributed by atoms with E-state index < -0.39 is 6.80 Å². The third-order valence-corrected chi connectivity index (χ3v) is 7.99. The van der Waals surface area contributed by atoms with Crippen molar-refractivity contribution in [3.8, 4) is 0 Å². The summed E-state index contributed by atoms with van der Waals surface area (Å²) in [7, 11) is 0.965. The van der Waals surface area contributed by atoms with E-state index >= 15 is 0 Å². The van der Waals surface area contributed by atoms with Crippen molar-refractivity contribution < 1.29 is 13.6 Å². The maximum atomic E-state index is 12.6. The van der Waals surface area contributed by atoms with Crippen molar-refractivity contribution in [2.24, 2.45) is 0 Å². The molecule has 0 atom stereocenters. The van der Waals surface area contributed by atoms with Gasteiger partial charge in [-0.15, -0.1) is 0 Å². The molecular formula is C12H23O3PS2. The number of hydrogen-bond donors (Lipinski definition) is 1. The summed E-state index contributed by atoms with van der Waals surface area (Å²) in [4.78, 5) is 0. The van der Waals surface area contributed by atoms with Crippen LogP contribution in [0.5, 0.6) is 0 Å². The van der Waals surface area contributed by atoms with E-state index in [4.69, 9.17) is 9.05 Å². The van der Waals surface area contributed by atoms with Gasteiger partial charge in [0.2, 0.25) is 0 Å². The first kappa shape index (κ1) is 15.2. The first-order valence-electron chi connectivity index (χ1n) is 7.02. The second-order valence-electron chi connectivity index (χ2n) is 5.26. The average Bonchev–Trinajstić information content (AvgIpc) is 2.41. The Morgan fingerprint density at radius 1 is 0.833 bits per heavy atom. The van der Waals surface area contributed by atoms with Crippen LogP contribution in [0.4, 0.5) is 0 Å². The Kier molecular flexibility index (Phi) is 6.42. The Hall–Kier alpha value is 0.850. The van der Waals surface area contributed by atoms with Crippen LogP contribution in [0, 0.1) is 0 Å². The zero-order chi connectivity index (χ0) is 12.8. The Balaban J connectivity index is 1.85. The van der Waals surface area contributed by atoms with Gasteiger partial charge in [-0.25, -0.2) is 4.57 Å². The van der Waals surface area contributed by atoms with E-state index in [1.165, 1.54) is 38.5 Å². The molecule has 0 heterocycles. The van der Waals surface area contributed by atoms with Crippen molar-refractivity contribution in [1.82, 2.24) is 0 Å². The molecule has 0 N–H and O–H groups in total. The van der Waals surface area contributed by atoms with Crippen LogP contribution in [-0.2, 0) is 13.6 Å². The molecule has 2 rings (SSSR count). The summed E-state index contributed by atoms with van der Waals surface area (Å²) in [6.45, 7) is -3.06. The second kappa shape index (κ2) is 7.58. The van der Waals surface area contributed by atoms with Crippen molar-refractivity contribution in [2.45, 2.75) is 76.4 Å². The van der Waals surface area contributed by atoms with Gasteiger partial charge in [-0.05, 0) is 25.7 Å². The third-order valence-electron chi connectivity index (χ3n) is 3.76. The normalized spacial score (nSPS) is 24.3. The van der Waals surface area contributed by atoms with Gasteiger partial charge >= 0.3 is 6.80 Å². The van der Waals surface area contributed by atoms with Gasteiger partial charge < -0.3 is 0 Å². The largest absolute Gasteiger partial charge is 0.399 e. The van der Waals surface area contributed by atoms with Gasteiger partial charge in [-0.3, -0.25) is 9.05 Å². The molecule has 0 aliphatic heterocycles. The molecule has 0 amide bonds. The quantitative estimate of drug-likeness (QED) is 0.420. The van der Waals surface area contributed by atoms with Gasteiger partial charge in [0.25, 0.3) is 0 Å². The van der Waals surface area contributed by atoms with E-state index in [1.807, 2.05) is 0 Å². The summed E-state index contributed by atoms with van der Waals surface area (Å²) in [5, 5.41) is 0. The Bertz CT molecular complexity index is 265. The summed E-state index contributed by atoms with van der Waals surface area (Å²) in [5.41, 5.74) is 0. The highest BCUT2D eigenvalue weighted by Gasteiger charge is 2.33. The van der Waals surface area contributed by atoms with Gasteiger partial charge in [0.05, 0.1) is 12.2 Å². The predicted molar refractivity (Wildman–Crippen MR) is 80.1 cm³/mol. The highest BCUT2D eigenvalue weighted by molar-refractivity contribution is 8.93. The van der Waals surface area contributed by atoms with E-state index in [0.29, 0.717) is 0 Å². The zero-order valence-corrected chi connectivity index (χ0v) is 13.4. The van der Waals surface area contributed by atoms with E-state index in [2.05, 4.69) is 11.7 Å². The summed E-state index contributed by atoms with van der Waals surface area (Å²) < 4.78 is 24.1. The van der Waals surface area contributed by atoms with Crippen molar-refractivity contribution in [1.29, 1.82) is 0 Å². The third kappa shape index (κ3) is 4.75. The molecule has 0 aromatic heterocycles. The predicted octanol–water partition coefficient (Wildman–Crippen LogP) is 5.37. The molecule has 2 saturated carbocycles. The first-order valence-corrected chi connectivity index (χ1v) is 11.0. The van der Waals surface area contributed by atoms with Crippen LogP contribution in [0.15, 0.2) is 0 Å². The second-order valence-corrected chi connectivity index (χ2v) is 10.0. The smallest absolute Gasteiger partial charge is 0.297 e. The lowest BCUT2D eigenvalue weighted by Crippen LogP contribution is -2.19. The van der Waals surface area contributed by atoms with Gasteiger partial charge in [0.15, 0.2) is 0 Å². The van der Waals surface area contributed by atoms with E-state index in [0.717, 1.165) is 36.1 Å². The van der Waals surface area contributed by atoms with Crippen LogP contribution >= 0.6 is 28.9 Å². The van der Waals surface area contributed by atoms with Gasteiger partial charge in [0, 0.05) is 10.4 Å². The zero-order valence-electron chi connectivity index (χ0n) is 10.8. The minimum atomic E-state index is -3.06. The molecular weight excluding hydrogens is 287 g/mol. The van der Waals surface area contributed by atoms with Gasteiger partial charge in [0.1, 0.15) is 0 Å². The molecule has 0 saturated heterocycles. The summed E-state index contributed by atoms with van der Waals surface area (Å²) in [6, 6.07) is 0. The lowest BCUT2D eigenvalue weighted by Gasteiger charge is -2.29. The van der Waals surface area contributed by atoms with E-state index in [9.17, 15) is 4.57 Å². The summed E-state index contributed by atoms with van der Waals surface area (Å²) in [6.07, 6.45) is 11.5. The molecule has 2 aliphatic rings. The van der Waals surface area contributed by atoms with Gasteiger partial charge in [-0.1, -0.05) is 50.2 Å². The molecule has 0 radical (unpaired) electrons. The maximum Gasteiger partial charge on any atom is 0.399 e. The van der Waals surface area contributed by atoms with E-state index in [-0.39, 0.29) is 12.2 Å². The first-order chi connectivity index (χ1) is 8.72. The van der Waals surface area contributed by atoms with E-state index in [1.54, 1.807) is 0 Å². The minimum absolute atomic E-state index is 0.104. The van der Waals surface area contributed by atoms with Crippen LogP contribution in [0.3, 0.4) is 0 Å². The molecule has 0 spiro atoms. The molecule has 106 valence electrons. The Morgan fingerprint density at radius 2 is 1.22 bits per heavy atom. The SMILES string of the molecule is O=P(OC1CCCCC1)(OC1CCCCC1)SS. The van der Waals surface area contributed by atoms with Crippen LogP contribution in [0.25, 0.3) is 0 Å². The molecule has 0 bridgehead atoms. The Labute approximate surface area is 119 Å². The van der Waals surface area contributed by atoms with Crippen molar-refractivity contribution in [3.63, 3.8) is 0 Å². The number of thiol groups is 1. The number of hydrogen-bond acceptors (Lipinski definition) is 5. The molecule has 2 aliphatic carbocycles. The van der Waals surface area contributed by atoms with Crippen LogP contribution < -0.4 is 0 Å². The monoisotopic (exact) mass is 310 g/mol. The standard InChI is InChI=1S/C12H23O3PS2/c13-16(18-17,14-11-7-3-1-4-8-11)15-12-9-5-2-6-10-12/h11-12,17H,1-10H2. The fourth-order valence-electron chi connectivity index (χ4n) is 2.77. The summed E-state index contributed by atoms with van der Waals surface area (Å²) >= 11 is 4.10. The van der Waals surface area contributed by atoms with Crippen molar-refractivity contribution in [3.05, 3.63) is 0 Å². The lowest BCUT2D eigenvalue weighted by atomic mass is 9.98. The molecule has 0 aromatic rings. The lowest BCUT2D eigenvalue weighted by molar-refractivity contribution is 0.0890. The number of rotatable bonds is 5. The minimum Gasteiger partial charge on any atom is -0.297 e. The topological polar surface area (TPSA) is 35.5 Å². The molecule has 3 nitrogen and oxygen atoms in total. The van der Waals surface area contributed by atoms with Crippen LogP contribution in [0.1, 0.15) is 64.2 Å². The highest BCUT2D eigenvalue weighted by atomic mass is 33.3. The molecule has 2 fully saturated rings. The fraction of sp³-hybridized carbons (Fsp3) is 1.00. The molecule has 0 aromatic carbocycles. The molecule has 0 unspecified atom stereocenters. The average molecular weight is 310 g/mol. The molecule has 18 heavy (non-hydrogen) atoms. The highest BCUT2D eigenvalue weighted by Crippen LogP contribution is 2.65. The fourth-order valence-corrected chi connectivity index (χ4v) is 5.70. The molecule has 6 heteroatoms. The van der Waals surface area contributed by atoms with Crippen molar-refractivity contribution >= 4 is 28.9 Å². The summed E-state index contributed by atoms with van der Waals surface area (Å²) in [5.74, 6) is 0. The van der Waals surface area contributed by atoms with Crippen LogP contribution in [0.2, 0.25) is 0 Å². The van der Waals surface area contributed by atoms with Gasteiger partial charge in [-0.2, -0.15) is 0 Å². The Morgan fingerprint density at radius 3 is 1.56 bits per heavy atom. The van der Waals surface area contributed by atoms with Crippen LogP contribution in [-0.4, -0.2) is 12.2 Å². The van der Waals surface area contributed by atoms with Crippen molar-refractivity contribution in [2.75, 3.05) is 0 Å².